The van der Waals surface area contributed by atoms with Crippen molar-refractivity contribution in [1.29, 1.82) is 0 Å². The highest BCUT2D eigenvalue weighted by Gasteiger charge is 2.22. The number of amides is 1. The zero-order valence-electron chi connectivity index (χ0n) is 12.7. The summed E-state index contributed by atoms with van der Waals surface area (Å²) in [6.07, 6.45) is 4.91. The second kappa shape index (κ2) is 9.33. The molecule has 1 aliphatic rings. The van der Waals surface area contributed by atoms with Crippen molar-refractivity contribution in [2.24, 2.45) is 11.8 Å². The summed E-state index contributed by atoms with van der Waals surface area (Å²) in [6, 6.07) is 0. The Morgan fingerprint density at radius 2 is 2.14 bits per heavy atom. The summed E-state index contributed by atoms with van der Waals surface area (Å²) in [4.78, 5) is 12.0. The Bertz CT molecular complexity index is 434. The number of hydrogen-bond acceptors (Lipinski definition) is 5. The number of rotatable bonds is 6. The van der Waals surface area contributed by atoms with Crippen LogP contribution >= 0.6 is 23.7 Å². The Morgan fingerprint density at radius 3 is 2.81 bits per heavy atom. The first kappa shape index (κ1) is 18.3. The van der Waals surface area contributed by atoms with Crippen LogP contribution in [0.4, 0.5) is 5.13 Å². The Hall–Kier alpha value is -0.720. The van der Waals surface area contributed by atoms with E-state index >= 15 is 0 Å². The first-order valence-electron chi connectivity index (χ1n) is 7.52. The average molecular weight is 333 g/mol. The summed E-state index contributed by atoms with van der Waals surface area (Å²) < 4.78 is 0. The molecule has 1 aromatic rings. The second-order valence-electron chi connectivity index (χ2n) is 5.57. The summed E-state index contributed by atoms with van der Waals surface area (Å²) in [5.41, 5.74) is 0. The van der Waals surface area contributed by atoms with Crippen molar-refractivity contribution < 1.29 is 4.79 Å². The van der Waals surface area contributed by atoms with Gasteiger partial charge < -0.3 is 10.6 Å². The van der Waals surface area contributed by atoms with Gasteiger partial charge in [-0.3, -0.25) is 4.79 Å². The maximum absolute atomic E-state index is 12.0. The SMILES string of the molecule is CCCc1nnc(NC(=O)CC(C)C2CCNCC2)s1.Cl. The van der Waals surface area contributed by atoms with Gasteiger partial charge in [0, 0.05) is 12.8 Å². The van der Waals surface area contributed by atoms with Crippen molar-refractivity contribution in [3.63, 3.8) is 0 Å². The molecule has 2 rings (SSSR count). The molecule has 0 spiro atoms. The molecule has 1 unspecified atom stereocenters. The standard InChI is InChI=1S/C14H24N4OS.ClH/c1-3-4-13-17-18-14(20-13)16-12(19)9-10(2)11-5-7-15-8-6-11;/h10-11,15H,3-9H2,1-2H3,(H,16,18,19);1H. The molecule has 1 aromatic heterocycles. The molecular formula is C14H25ClN4OS. The fraction of sp³-hybridized carbons (Fsp3) is 0.786. The van der Waals surface area contributed by atoms with Gasteiger partial charge >= 0.3 is 0 Å². The van der Waals surface area contributed by atoms with E-state index in [1.807, 2.05) is 0 Å². The van der Waals surface area contributed by atoms with E-state index in [1.165, 1.54) is 24.2 Å². The van der Waals surface area contributed by atoms with E-state index in [2.05, 4.69) is 34.7 Å². The van der Waals surface area contributed by atoms with Crippen LogP contribution in [-0.2, 0) is 11.2 Å². The number of aromatic nitrogens is 2. The first-order valence-corrected chi connectivity index (χ1v) is 8.33. The van der Waals surface area contributed by atoms with Gasteiger partial charge in [0.1, 0.15) is 5.01 Å². The van der Waals surface area contributed by atoms with Crippen LogP contribution in [0.5, 0.6) is 0 Å². The van der Waals surface area contributed by atoms with Gasteiger partial charge in [0.2, 0.25) is 11.0 Å². The molecular weight excluding hydrogens is 308 g/mol. The van der Waals surface area contributed by atoms with Crippen molar-refractivity contribution in [3.8, 4) is 0 Å². The molecule has 2 N–H and O–H groups in total. The monoisotopic (exact) mass is 332 g/mol. The van der Waals surface area contributed by atoms with Crippen LogP contribution in [-0.4, -0.2) is 29.2 Å². The largest absolute Gasteiger partial charge is 0.317 e. The summed E-state index contributed by atoms with van der Waals surface area (Å²) in [7, 11) is 0. The molecule has 0 saturated carbocycles. The molecule has 0 bridgehead atoms. The van der Waals surface area contributed by atoms with Crippen LogP contribution in [0.1, 0.15) is 44.5 Å². The van der Waals surface area contributed by atoms with E-state index in [4.69, 9.17) is 0 Å². The molecule has 5 nitrogen and oxygen atoms in total. The van der Waals surface area contributed by atoms with Gasteiger partial charge in [0.05, 0.1) is 0 Å². The number of halogens is 1. The molecule has 21 heavy (non-hydrogen) atoms. The van der Waals surface area contributed by atoms with Crippen molar-refractivity contribution in [1.82, 2.24) is 15.5 Å². The maximum Gasteiger partial charge on any atom is 0.226 e. The Labute approximate surface area is 136 Å². The molecule has 0 aromatic carbocycles. The Balaban J connectivity index is 0.00000220. The number of piperidine rings is 1. The van der Waals surface area contributed by atoms with E-state index in [1.54, 1.807) is 0 Å². The van der Waals surface area contributed by atoms with Gasteiger partial charge in [-0.15, -0.1) is 22.6 Å². The third-order valence-corrected chi connectivity index (χ3v) is 4.77. The van der Waals surface area contributed by atoms with E-state index in [0.717, 1.165) is 30.9 Å². The highest BCUT2D eigenvalue weighted by atomic mass is 35.5. The van der Waals surface area contributed by atoms with Gasteiger partial charge in [-0.25, -0.2) is 0 Å². The topological polar surface area (TPSA) is 66.9 Å². The summed E-state index contributed by atoms with van der Waals surface area (Å²) in [6.45, 7) is 6.44. The lowest BCUT2D eigenvalue weighted by Crippen LogP contribution is -2.32. The fourth-order valence-corrected chi connectivity index (χ4v) is 3.52. The molecule has 0 radical (unpaired) electrons. The lowest BCUT2D eigenvalue weighted by molar-refractivity contribution is -0.117. The van der Waals surface area contributed by atoms with Crippen LogP contribution in [0, 0.1) is 11.8 Å². The Morgan fingerprint density at radius 1 is 1.43 bits per heavy atom. The number of nitrogens with one attached hydrogen (secondary N) is 2. The van der Waals surface area contributed by atoms with E-state index in [0.29, 0.717) is 23.4 Å². The minimum absolute atomic E-state index is 0. The third-order valence-electron chi connectivity index (χ3n) is 3.87. The number of anilines is 1. The number of hydrogen-bond donors (Lipinski definition) is 2. The van der Waals surface area contributed by atoms with Crippen LogP contribution in [0.3, 0.4) is 0 Å². The number of aryl methyl sites for hydroxylation is 1. The molecule has 0 aliphatic carbocycles. The molecule has 1 saturated heterocycles. The van der Waals surface area contributed by atoms with Gasteiger partial charge in [-0.05, 0) is 44.2 Å². The highest BCUT2D eigenvalue weighted by Crippen LogP contribution is 2.25. The summed E-state index contributed by atoms with van der Waals surface area (Å²) in [5, 5.41) is 16.0. The first-order chi connectivity index (χ1) is 9.69. The predicted molar refractivity (Wildman–Crippen MR) is 89.2 cm³/mol. The minimum atomic E-state index is 0. The molecule has 2 heterocycles. The number of nitrogens with zero attached hydrogens (tertiary/aromatic N) is 2. The van der Waals surface area contributed by atoms with Gasteiger partial charge in [0.15, 0.2) is 0 Å². The fourth-order valence-electron chi connectivity index (χ4n) is 2.66. The number of carbonyl (C=O) groups excluding carboxylic acids is 1. The van der Waals surface area contributed by atoms with Crippen LogP contribution in [0.2, 0.25) is 0 Å². The van der Waals surface area contributed by atoms with Crippen LogP contribution in [0.15, 0.2) is 0 Å². The zero-order chi connectivity index (χ0) is 14.4. The quantitative estimate of drug-likeness (QED) is 0.840. The van der Waals surface area contributed by atoms with Crippen LogP contribution in [0.25, 0.3) is 0 Å². The Kier molecular flexibility index (Phi) is 8.14. The van der Waals surface area contributed by atoms with E-state index in [9.17, 15) is 4.79 Å². The maximum atomic E-state index is 12.0. The minimum Gasteiger partial charge on any atom is -0.317 e. The summed E-state index contributed by atoms with van der Waals surface area (Å²) >= 11 is 1.48. The highest BCUT2D eigenvalue weighted by molar-refractivity contribution is 7.15. The molecule has 1 fully saturated rings. The van der Waals surface area contributed by atoms with Crippen molar-refractivity contribution in [2.75, 3.05) is 18.4 Å². The van der Waals surface area contributed by atoms with E-state index < -0.39 is 0 Å². The van der Waals surface area contributed by atoms with Crippen molar-refractivity contribution in [3.05, 3.63) is 5.01 Å². The van der Waals surface area contributed by atoms with Gasteiger partial charge in [-0.2, -0.15) is 0 Å². The second-order valence-corrected chi connectivity index (χ2v) is 6.63. The molecule has 120 valence electrons. The normalized spacial score (nSPS) is 17.0. The lowest BCUT2D eigenvalue weighted by Gasteiger charge is -2.27. The van der Waals surface area contributed by atoms with Crippen molar-refractivity contribution in [2.45, 2.75) is 46.0 Å². The van der Waals surface area contributed by atoms with Crippen LogP contribution < -0.4 is 10.6 Å². The molecule has 1 atom stereocenters. The predicted octanol–water partition coefficient (Wildman–Crippen LogP) is 2.88. The number of carbonyl (C=O) groups is 1. The van der Waals surface area contributed by atoms with Gasteiger partial charge in [0.25, 0.3) is 0 Å². The smallest absolute Gasteiger partial charge is 0.226 e. The van der Waals surface area contributed by atoms with Crippen molar-refractivity contribution >= 4 is 34.8 Å². The molecule has 1 aliphatic heterocycles. The zero-order valence-corrected chi connectivity index (χ0v) is 14.4. The molecule has 7 heteroatoms. The molecule has 1 amide bonds. The summed E-state index contributed by atoms with van der Waals surface area (Å²) in [5.74, 6) is 1.16. The average Bonchev–Trinajstić information content (AvgIpc) is 2.87. The third kappa shape index (κ3) is 5.88. The lowest BCUT2D eigenvalue weighted by atomic mass is 9.84. The van der Waals surface area contributed by atoms with Gasteiger partial charge in [-0.1, -0.05) is 25.2 Å². The van der Waals surface area contributed by atoms with E-state index in [-0.39, 0.29) is 18.3 Å².